The second-order valence-corrected chi connectivity index (χ2v) is 12.5. The molecule has 120 valence electrons. The van der Waals surface area contributed by atoms with Crippen LogP contribution in [0.2, 0.25) is 25.7 Å². The number of hydrogen-bond acceptors (Lipinski definition) is 4. The molecule has 0 N–H and O–H groups in total. The lowest BCUT2D eigenvalue weighted by atomic mass is 10.2. The minimum atomic E-state index is -1.05. The van der Waals surface area contributed by atoms with Crippen molar-refractivity contribution in [3.8, 4) is 11.3 Å². The summed E-state index contributed by atoms with van der Waals surface area (Å²) >= 11 is 0. The van der Waals surface area contributed by atoms with Crippen molar-refractivity contribution in [1.82, 2.24) is 19.5 Å². The minimum absolute atomic E-state index is 0.523. The number of nitrogens with zero attached hydrogens (tertiary/aromatic N) is 4. The Morgan fingerprint density at radius 1 is 1.17 bits per heavy atom. The Hall–Kier alpha value is -2.05. The molecule has 0 atom stereocenters. The molecule has 3 aromatic rings. The van der Waals surface area contributed by atoms with Crippen LogP contribution in [-0.2, 0) is 11.5 Å². The van der Waals surface area contributed by atoms with Gasteiger partial charge in [0.2, 0.25) is 0 Å². The van der Waals surface area contributed by atoms with Crippen LogP contribution in [0.15, 0.2) is 43.0 Å². The van der Waals surface area contributed by atoms with E-state index in [-0.39, 0.29) is 0 Å². The number of aromatic nitrogens is 4. The van der Waals surface area contributed by atoms with Crippen LogP contribution in [0, 0.1) is 0 Å². The minimum Gasteiger partial charge on any atom is -0.361 e. The molecule has 5 nitrogen and oxygen atoms in total. The van der Waals surface area contributed by atoms with E-state index in [1.807, 2.05) is 29.0 Å². The van der Waals surface area contributed by atoms with Crippen LogP contribution in [0.1, 0.15) is 0 Å². The summed E-state index contributed by atoms with van der Waals surface area (Å²) < 4.78 is 7.80. The van der Waals surface area contributed by atoms with Gasteiger partial charge in [0.05, 0.1) is 11.9 Å². The molecule has 3 heterocycles. The van der Waals surface area contributed by atoms with Crippen LogP contribution in [0.3, 0.4) is 0 Å². The number of pyridine rings is 1. The Morgan fingerprint density at radius 3 is 2.78 bits per heavy atom. The van der Waals surface area contributed by atoms with Gasteiger partial charge in [0.15, 0.2) is 5.65 Å². The average Bonchev–Trinajstić information content (AvgIpc) is 2.94. The van der Waals surface area contributed by atoms with E-state index in [9.17, 15) is 0 Å². The van der Waals surface area contributed by atoms with Crippen molar-refractivity contribution >= 4 is 19.2 Å². The van der Waals surface area contributed by atoms with Crippen molar-refractivity contribution < 1.29 is 4.74 Å². The van der Waals surface area contributed by atoms with E-state index in [1.54, 1.807) is 18.6 Å². The predicted molar refractivity (Wildman–Crippen MR) is 94.9 cm³/mol. The molecular weight excluding hydrogens is 304 g/mol. The third kappa shape index (κ3) is 4.03. The maximum Gasteiger partial charge on any atom is 0.160 e. The molecule has 3 aromatic heterocycles. The monoisotopic (exact) mass is 326 g/mol. The van der Waals surface area contributed by atoms with Gasteiger partial charge in [-0.25, -0.2) is 9.97 Å². The Morgan fingerprint density at radius 2 is 2.04 bits per heavy atom. The fourth-order valence-corrected chi connectivity index (χ4v) is 3.02. The van der Waals surface area contributed by atoms with Gasteiger partial charge in [-0.1, -0.05) is 19.6 Å². The van der Waals surface area contributed by atoms with Crippen molar-refractivity contribution in [3.63, 3.8) is 0 Å². The lowest BCUT2D eigenvalue weighted by molar-refractivity contribution is 0.0899. The molecule has 0 aromatic carbocycles. The molecule has 6 heteroatoms. The normalized spacial score (nSPS) is 12.0. The molecule has 0 radical (unpaired) electrons. The molecule has 0 saturated carbocycles. The SMILES string of the molecule is C[Si](C)(C)CCOCn1ccc2nc(-c3cccnc3)cnc21. The zero-order chi connectivity index (χ0) is 16.3. The Balaban J connectivity index is 1.72. The third-order valence-corrected chi connectivity index (χ3v) is 5.35. The maximum absolute atomic E-state index is 5.80. The van der Waals surface area contributed by atoms with E-state index < -0.39 is 8.07 Å². The van der Waals surface area contributed by atoms with Crippen LogP contribution in [-0.4, -0.2) is 34.2 Å². The summed E-state index contributed by atoms with van der Waals surface area (Å²) in [6.45, 7) is 8.39. The molecule has 0 unspecified atom stereocenters. The van der Waals surface area contributed by atoms with Crippen LogP contribution in [0.25, 0.3) is 22.4 Å². The van der Waals surface area contributed by atoms with Crippen LogP contribution >= 0.6 is 0 Å². The molecular formula is C17H22N4OSi. The van der Waals surface area contributed by atoms with Gasteiger partial charge in [0, 0.05) is 38.8 Å². The zero-order valence-corrected chi connectivity index (χ0v) is 14.9. The summed E-state index contributed by atoms with van der Waals surface area (Å²) in [6.07, 6.45) is 7.32. The quantitative estimate of drug-likeness (QED) is 0.510. The number of ether oxygens (including phenoxy) is 1. The first-order valence-electron chi connectivity index (χ1n) is 7.83. The molecule has 0 spiro atoms. The molecule has 0 bridgehead atoms. The topological polar surface area (TPSA) is 52.8 Å². The standard InChI is InChI=1S/C17H22N4OSi/c1-23(2,3)10-9-22-13-21-8-6-15-17(21)19-12-16(20-15)14-5-4-7-18-11-14/h4-8,11-12H,9-10,13H2,1-3H3. The number of rotatable bonds is 6. The number of hydrogen-bond donors (Lipinski definition) is 0. The third-order valence-electron chi connectivity index (χ3n) is 3.65. The fraction of sp³-hybridized carbons (Fsp3) is 0.353. The van der Waals surface area contributed by atoms with Crippen LogP contribution in [0.4, 0.5) is 0 Å². The van der Waals surface area contributed by atoms with Gasteiger partial charge >= 0.3 is 0 Å². The van der Waals surface area contributed by atoms with Gasteiger partial charge in [0.25, 0.3) is 0 Å². The van der Waals surface area contributed by atoms with E-state index in [4.69, 9.17) is 4.74 Å². The van der Waals surface area contributed by atoms with E-state index in [2.05, 4.69) is 34.6 Å². The second kappa shape index (κ2) is 6.60. The summed E-state index contributed by atoms with van der Waals surface area (Å²) in [7, 11) is -1.05. The molecule has 0 fully saturated rings. The Labute approximate surface area is 137 Å². The van der Waals surface area contributed by atoms with E-state index in [0.717, 1.165) is 29.0 Å². The summed E-state index contributed by atoms with van der Waals surface area (Å²) in [5.74, 6) is 0. The predicted octanol–water partition coefficient (Wildman–Crippen LogP) is 3.81. The van der Waals surface area contributed by atoms with Gasteiger partial charge in [-0.15, -0.1) is 0 Å². The van der Waals surface area contributed by atoms with E-state index in [0.29, 0.717) is 6.73 Å². The first kappa shape index (κ1) is 15.8. The lowest BCUT2D eigenvalue weighted by Gasteiger charge is -2.15. The summed E-state index contributed by atoms with van der Waals surface area (Å²) in [6, 6.07) is 7.03. The van der Waals surface area contributed by atoms with E-state index in [1.165, 1.54) is 6.04 Å². The van der Waals surface area contributed by atoms with E-state index >= 15 is 0 Å². The highest BCUT2D eigenvalue weighted by Crippen LogP contribution is 2.19. The average molecular weight is 326 g/mol. The smallest absolute Gasteiger partial charge is 0.160 e. The van der Waals surface area contributed by atoms with Gasteiger partial charge in [-0.3, -0.25) is 4.98 Å². The summed E-state index contributed by atoms with van der Waals surface area (Å²) in [4.78, 5) is 13.3. The van der Waals surface area contributed by atoms with Crippen LogP contribution in [0.5, 0.6) is 0 Å². The molecule has 3 rings (SSSR count). The molecule has 0 amide bonds. The van der Waals surface area contributed by atoms with Gasteiger partial charge < -0.3 is 9.30 Å². The molecule has 23 heavy (non-hydrogen) atoms. The highest BCUT2D eigenvalue weighted by atomic mass is 28.3. The van der Waals surface area contributed by atoms with Crippen molar-refractivity contribution in [2.45, 2.75) is 32.4 Å². The Bertz CT molecular complexity index is 780. The van der Waals surface area contributed by atoms with Crippen LogP contribution < -0.4 is 0 Å². The maximum atomic E-state index is 5.80. The molecule has 0 aliphatic rings. The molecule has 0 aliphatic heterocycles. The van der Waals surface area contributed by atoms with Crippen molar-refractivity contribution in [2.75, 3.05) is 6.61 Å². The highest BCUT2D eigenvalue weighted by molar-refractivity contribution is 6.76. The first-order chi connectivity index (χ1) is 11.0. The first-order valence-corrected chi connectivity index (χ1v) is 11.5. The van der Waals surface area contributed by atoms with Crippen molar-refractivity contribution in [2.24, 2.45) is 0 Å². The Kier molecular flexibility index (Phi) is 4.54. The highest BCUT2D eigenvalue weighted by Gasteiger charge is 2.12. The van der Waals surface area contributed by atoms with Gasteiger partial charge in [-0.2, -0.15) is 0 Å². The summed E-state index contributed by atoms with van der Waals surface area (Å²) in [5, 5.41) is 0. The number of fused-ring (bicyclic) bond motifs is 1. The largest absolute Gasteiger partial charge is 0.361 e. The van der Waals surface area contributed by atoms with Crippen molar-refractivity contribution in [1.29, 1.82) is 0 Å². The summed E-state index contributed by atoms with van der Waals surface area (Å²) in [5.41, 5.74) is 3.54. The fourth-order valence-electron chi connectivity index (χ4n) is 2.26. The van der Waals surface area contributed by atoms with Gasteiger partial charge in [-0.05, 0) is 24.2 Å². The molecule has 0 saturated heterocycles. The molecule has 0 aliphatic carbocycles. The van der Waals surface area contributed by atoms with Crippen molar-refractivity contribution in [3.05, 3.63) is 43.0 Å². The lowest BCUT2D eigenvalue weighted by Crippen LogP contribution is -2.22. The second-order valence-electron chi connectivity index (χ2n) is 6.84. The zero-order valence-electron chi connectivity index (χ0n) is 13.9. The van der Waals surface area contributed by atoms with Gasteiger partial charge in [0.1, 0.15) is 12.2 Å².